The molecule has 1 aromatic rings. The number of piperidine rings is 1. The molecule has 1 aliphatic rings. The smallest absolute Gasteiger partial charge is 0.226 e. The van der Waals surface area contributed by atoms with Crippen LogP contribution in [-0.2, 0) is 11.3 Å². The van der Waals surface area contributed by atoms with E-state index in [1.165, 1.54) is 0 Å². The second-order valence-corrected chi connectivity index (χ2v) is 6.25. The Morgan fingerprint density at radius 1 is 1.41 bits per heavy atom. The van der Waals surface area contributed by atoms with E-state index in [0.717, 1.165) is 45.6 Å². The Bertz CT molecular complexity index is 439. The quantitative estimate of drug-likeness (QED) is 0.804. The van der Waals surface area contributed by atoms with Gasteiger partial charge in [-0.25, -0.2) is 0 Å². The first-order chi connectivity index (χ1) is 10.6. The Hall–Kier alpha value is -1.40. The topological polar surface area (TPSA) is 53.4 Å². The Balaban J connectivity index is 1.73. The van der Waals surface area contributed by atoms with E-state index >= 15 is 0 Å². The van der Waals surface area contributed by atoms with Crippen molar-refractivity contribution in [1.82, 2.24) is 24.9 Å². The lowest BCUT2D eigenvalue weighted by molar-refractivity contribution is -0.136. The molecule has 1 aliphatic heterocycles. The first kappa shape index (κ1) is 17.0. The zero-order valence-electron chi connectivity index (χ0n) is 14.0. The van der Waals surface area contributed by atoms with Crippen LogP contribution >= 0.6 is 0 Å². The maximum Gasteiger partial charge on any atom is 0.226 e. The van der Waals surface area contributed by atoms with E-state index in [2.05, 4.69) is 15.3 Å². The van der Waals surface area contributed by atoms with Gasteiger partial charge in [0.1, 0.15) is 0 Å². The van der Waals surface area contributed by atoms with Crippen LogP contribution in [0.25, 0.3) is 0 Å². The fourth-order valence-electron chi connectivity index (χ4n) is 3.13. The van der Waals surface area contributed by atoms with Crippen molar-refractivity contribution >= 4 is 5.91 Å². The second-order valence-electron chi connectivity index (χ2n) is 6.25. The molecule has 1 atom stereocenters. The summed E-state index contributed by atoms with van der Waals surface area (Å²) < 4.78 is 1.97. The number of hydrogen-bond donors (Lipinski definition) is 1. The summed E-state index contributed by atoms with van der Waals surface area (Å²) in [5, 5.41) is 7.31. The maximum absolute atomic E-state index is 12.4. The van der Waals surface area contributed by atoms with E-state index in [4.69, 9.17) is 0 Å². The van der Waals surface area contributed by atoms with Gasteiger partial charge in [-0.3, -0.25) is 9.48 Å². The minimum absolute atomic E-state index is 0.0489. The first-order valence-corrected chi connectivity index (χ1v) is 8.23. The van der Waals surface area contributed by atoms with Crippen LogP contribution in [0.1, 0.15) is 19.8 Å². The predicted octanol–water partition coefficient (Wildman–Crippen LogP) is 0.661. The van der Waals surface area contributed by atoms with Crippen molar-refractivity contribution in [2.75, 3.05) is 40.3 Å². The number of likely N-dealkylation sites (tertiary alicyclic amines) is 1. The number of hydrogen-bond acceptors (Lipinski definition) is 4. The molecule has 1 amide bonds. The van der Waals surface area contributed by atoms with Crippen molar-refractivity contribution in [2.24, 2.45) is 5.92 Å². The van der Waals surface area contributed by atoms with Gasteiger partial charge in [-0.2, -0.15) is 5.10 Å². The molecule has 6 nitrogen and oxygen atoms in total. The van der Waals surface area contributed by atoms with E-state index in [1.54, 1.807) is 0 Å². The molecule has 0 aliphatic carbocycles. The normalized spacial score (nSPS) is 18.3. The highest BCUT2D eigenvalue weighted by molar-refractivity contribution is 5.78. The van der Waals surface area contributed by atoms with Crippen LogP contribution in [0.15, 0.2) is 18.5 Å². The van der Waals surface area contributed by atoms with Crippen LogP contribution in [0, 0.1) is 5.92 Å². The number of aromatic nitrogens is 2. The van der Waals surface area contributed by atoms with Gasteiger partial charge in [-0.15, -0.1) is 0 Å². The van der Waals surface area contributed by atoms with Crippen LogP contribution in [0.2, 0.25) is 0 Å². The summed E-state index contributed by atoms with van der Waals surface area (Å²) in [6, 6.07) is 2.34. The largest absolute Gasteiger partial charge is 0.342 e. The number of amides is 1. The molecule has 0 saturated carbocycles. The van der Waals surface area contributed by atoms with E-state index < -0.39 is 0 Å². The third kappa shape index (κ3) is 4.55. The van der Waals surface area contributed by atoms with Crippen molar-refractivity contribution in [3.05, 3.63) is 18.5 Å². The number of nitrogens with zero attached hydrogens (tertiary/aromatic N) is 4. The summed E-state index contributed by atoms with van der Waals surface area (Å²) in [5.74, 6) is 0.303. The summed E-state index contributed by atoms with van der Waals surface area (Å²) >= 11 is 0. The molecule has 0 radical (unpaired) electrons. The van der Waals surface area contributed by atoms with Gasteiger partial charge in [-0.1, -0.05) is 6.92 Å². The molecular weight excluding hydrogens is 278 g/mol. The van der Waals surface area contributed by atoms with Gasteiger partial charge in [0, 0.05) is 57.6 Å². The maximum atomic E-state index is 12.4. The molecule has 0 bridgehead atoms. The molecule has 0 spiro atoms. The predicted molar refractivity (Wildman–Crippen MR) is 87.5 cm³/mol. The van der Waals surface area contributed by atoms with Crippen molar-refractivity contribution in [3.63, 3.8) is 0 Å². The van der Waals surface area contributed by atoms with Crippen molar-refractivity contribution in [1.29, 1.82) is 0 Å². The fraction of sp³-hybridized carbons (Fsp3) is 0.750. The van der Waals surface area contributed by atoms with Crippen molar-refractivity contribution in [2.45, 2.75) is 32.4 Å². The van der Waals surface area contributed by atoms with Crippen molar-refractivity contribution < 1.29 is 4.79 Å². The van der Waals surface area contributed by atoms with E-state index in [9.17, 15) is 4.79 Å². The zero-order chi connectivity index (χ0) is 15.9. The SMILES string of the molecule is CNCC(C)C(=O)N(C)C1CCN(CCn2cccn2)CC1. The minimum Gasteiger partial charge on any atom is -0.342 e. The molecule has 1 unspecified atom stereocenters. The second kappa shape index (κ2) is 8.29. The zero-order valence-corrected chi connectivity index (χ0v) is 14.0. The highest BCUT2D eigenvalue weighted by Crippen LogP contribution is 2.17. The number of carbonyl (C=O) groups is 1. The molecule has 6 heteroatoms. The molecule has 1 fully saturated rings. The third-order valence-electron chi connectivity index (χ3n) is 4.59. The summed E-state index contributed by atoms with van der Waals surface area (Å²) in [6.45, 7) is 6.82. The summed E-state index contributed by atoms with van der Waals surface area (Å²) in [6.07, 6.45) is 5.95. The molecule has 1 saturated heterocycles. The molecule has 1 aromatic heterocycles. The highest BCUT2D eigenvalue weighted by Gasteiger charge is 2.27. The van der Waals surface area contributed by atoms with Crippen LogP contribution in [0.5, 0.6) is 0 Å². The van der Waals surface area contributed by atoms with Gasteiger partial charge in [0.15, 0.2) is 0 Å². The number of carbonyl (C=O) groups excluding carboxylic acids is 1. The van der Waals surface area contributed by atoms with E-state index in [1.807, 2.05) is 49.1 Å². The van der Waals surface area contributed by atoms with Gasteiger partial charge in [0.2, 0.25) is 5.91 Å². The highest BCUT2D eigenvalue weighted by atomic mass is 16.2. The van der Waals surface area contributed by atoms with Crippen LogP contribution < -0.4 is 5.32 Å². The lowest BCUT2D eigenvalue weighted by atomic mass is 10.0. The Morgan fingerprint density at radius 3 is 2.73 bits per heavy atom. The van der Waals surface area contributed by atoms with Gasteiger partial charge >= 0.3 is 0 Å². The fourth-order valence-corrected chi connectivity index (χ4v) is 3.13. The average Bonchev–Trinajstić information content (AvgIpc) is 3.05. The number of rotatable bonds is 7. The standard InChI is InChI=1S/C16H29N5O/c1-14(13-17-2)16(22)19(3)15-5-9-20(10-6-15)11-12-21-8-4-7-18-21/h4,7-8,14-15,17H,5-6,9-13H2,1-3H3. The summed E-state index contributed by atoms with van der Waals surface area (Å²) in [5.41, 5.74) is 0. The molecule has 22 heavy (non-hydrogen) atoms. The van der Waals surface area contributed by atoms with Gasteiger partial charge in [0.05, 0.1) is 6.54 Å². The molecule has 0 aromatic carbocycles. The number of nitrogens with one attached hydrogen (secondary N) is 1. The first-order valence-electron chi connectivity index (χ1n) is 8.23. The monoisotopic (exact) mass is 307 g/mol. The molecular formula is C16H29N5O. The van der Waals surface area contributed by atoms with Gasteiger partial charge in [0.25, 0.3) is 0 Å². The Labute approximate surface area is 133 Å². The molecule has 2 heterocycles. The Morgan fingerprint density at radius 2 is 2.14 bits per heavy atom. The van der Waals surface area contributed by atoms with Crippen molar-refractivity contribution in [3.8, 4) is 0 Å². The Kier molecular flexibility index (Phi) is 6.39. The minimum atomic E-state index is 0.0489. The molecule has 2 rings (SSSR count). The van der Waals surface area contributed by atoms with Crippen LogP contribution in [-0.4, -0.2) is 71.8 Å². The van der Waals surface area contributed by atoms with E-state index in [-0.39, 0.29) is 11.8 Å². The third-order valence-corrected chi connectivity index (χ3v) is 4.59. The molecule has 1 N–H and O–H groups in total. The summed E-state index contributed by atoms with van der Waals surface area (Å²) in [7, 11) is 3.85. The van der Waals surface area contributed by atoms with Crippen LogP contribution in [0.3, 0.4) is 0 Å². The molecule has 124 valence electrons. The lowest BCUT2D eigenvalue weighted by Crippen LogP contribution is -2.48. The van der Waals surface area contributed by atoms with E-state index in [0.29, 0.717) is 6.04 Å². The van der Waals surface area contributed by atoms with Crippen LogP contribution in [0.4, 0.5) is 0 Å². The summed E-state index contributed by atoms with van der Waals surface area (Å²) in [4.78, 5) is 16.8. The van der Waals surface area contributed by atoms with Gasteiger partial charge < -0.3 is 15.1 Å². The lowest BCUT2D eigenvalue weighted by Gasteiger charge is -2.37. The van der Waals surface area contributed by atoms with Gasteiger partial charge in [-0.05, 0) is 26.0 Å². The average molecular weight is 307 g/mol.